The maximum atomic E-state index is 13.4. The molecular formula is C38H49NO5Si. The van der Waals surface area contributed by atoms with Crippen LogP contribution in [0, 0.1) is 5.92 Å². The average molecular weight is 628 g/mol. The fraction of sp³-hybridized carbons (Fsp3) is 0.421. The lowest BCUT2D eigenvalue weighted by atomic mass is 9.95. The van der Waals surface area contributed by atoms with Crippen LogP contribution in [0.15, 0.2) is 103 Å². The molecule has 1 fully saturated rings. The number of nitrogens with zero attached hydrogens (tertiary/aromatic N) is 1. The van der Waals surface area contributed by atoms with Gasteiger partial charge in [0, 0.05) is 6.10 Å². The van der Waals surface area contributed by atoms with E-state index in [9.17, 15) is 14.7 Å². The van der Waals surface area contributed by atoms with Crippen molar-refractivity contribution in [1.82, 2.24) is 4.90 Å². The molecule has 1 saturated heterocycles. The quantitative estimate of drug-likeness (QED) is 0.130. The first-order valence-electron chi connectivity index (χ1n) is 16.1. The molecule has 0 aliphatic carbocycles. The van der Waals surface area contributed by atoms with E-state index < -0.39 is 32.3 Å². The van der Waals surface area contributed by atoms with Gasteiger partial charge in [-0.1, -0.05) is 125 Å². The van der Waals surface area contributed by atoms with Gasteiger partial charge < -0.3 is 14.3 Å². The van der Waals surface area contributed by atoms with Gasteiger partial charge in [-0.25, -0.2) is 9.69 Å². The number of allylic oxidation sites excluding steroid dienone is 1. The zero-order chi connectivity index (χ0) is 32.6. The van der Waals surface area contributed by atoms with Crippen molar-refractivity contribution in [1.29, 1.82) is 0 Å². The van der Waals surface area contributed by atoms with Crippen molar-refractivity contribution in [3.8, 4) is 0 Å². The molecule has 0 saturated carbocycles. The van der Waals surface area contributed by atoms with Crippen LogP contribution in [0.4, 0.5) is 4.79 Å². The van der Waals surface area contributed by atoms with E-state index in [1.54, 1.807) is 6.92 Å². The SMILES string of the molecule is C/C(=C\CCC[C@@H](C)O[Si](c1ccccc1)(c1ccccc1)C(C)(C)C)[C@H](O)[C@@H](C)C(=O)N1C(=O)OC[C@H]1Cc1ccccc1. The summed E-state index contributed by atoms with van der Waals surface area (Å²) in [5, 5.41) is 13.5. The van der Waals surface area contributed by atoms with Crippen LogP contribution in [-0.2, 0) is 20.4 Å². The Balaban J connectivity index is 1.38. The number of cyclic esters (lactones) is 1. The molecule has 0 aromatic heterocycles. The largest absolute Gasteiger partial charge is 0.447 e. The summed E-state index contributed by atoms with van der Waals surface area (Å²) in [4.78, 5) is 27.1. The molecule has 3 aromatic rings. The molecule has 4 rings (SSSR count). The Bertz CT molecular complexity index is 1380. The summed E-state index contributed by atoms with van der Waals surface area (Å²) in [5.74, 6) is -1.19. The highest BCUT2D eigenvalue weighted by Crippen LogP contribution is 2.38. The molecule has 0 spiro atoms. The molecule has 2 amide bonds. The molecule has 3 aromatic carbocycles. The van der Waals surface area contributed by atoms with Crippen molar-refractivity contribution < 1.29 is 23.9 Å². The fourth-order valence-electron chi connectivity index (χ4n) is 6.42. The number of rotatable bonds is 13. The Labute approximate surface area is 270 Å². The number of aliphatic hydroxyl groups excluding tert-OH is 1. The van der Waals surface area contributed by atoms with Gasteiger partial charge in [0.25, 0.3) is 8.32 Å². The third-order valence-electron chi connectivity index (χ3n) is 8.92. The highest BCUT2D eigenvalue weighted by Gasteiger charge is 2.51. The zero-order valence-electron chi connectivity index (χ0n) is 27.6. The number of unbranched alkanes of at least 4 members (excludes halogenated alkanes) is 1. The second kappa shape index (κ2) is 15.2. The van der Waals surface area contributed by atoms with Crippen molar-refractivity contribution in [2.24, 2.45) is 5.92 Å². The number of hydrogen-bond acceptors (Lipinski definition) is 5. The van der Waals surface area contributed by atoms with E-state index in [0.29, 0.717) is 6.42 Å². The summed E-state index contributed by atoms with van der Waals surface area (Å²) < 4.78 is 12.4. The maximum absolute atomic E-state index is 13.4. The lowest BCUT2D eigenvalue weighted by Crippen LogP contribution is -2.67. The Morgan fingerprint density at radius 2 is 1.51 bits per heavy atom. The Kier molecular flexibility index (Phi) is 11.6. The van der Waals surface area contributed by atoms with Gasteiger partial charge in [-0.05, 0) is 66.1 Å². The number of amides is 2. The summed E-state index contributed by atoms with van der Waals surface area (Å²) in [6, 6.07) is 30.7. The van der Waals surface area contributed by atoms with E-state index in [1.807, 2.05) is 43.3 Å². The van der Waals surface area contributed by atoms with Crippen LogP contribution in [-0.4, -0.2) is 55.2 Å². The number of carbonyl (C=O) groups is 2. The number of benzene rings is 3. The van der Waals surface area contributed by atoms with Crippen LogP contribution in [0.3, 0.4) is 0 Å². The van der Waals surface area contributed by atoms with Gasteiger partial charge >= 0.3 is 6.09 Å². The molecule has 1 aliphatic heterocycles. The first-order chi connectivity index (χ1) is 21.5. The topological polar surface area (TPSA) is 76.1 Å². The first kappa shape index (κ1) is 34.4. The van der Waals surface area contributed by atoms with E-state index in [0.717, 1.165) is 30.4 Å². The molecule has 4 atom stereocenters. The third kappa shape index (κ3) is 8.01. The van der Waals surface area contributed by atoms with Crippen molar-refractivity contribution in [2.45, 2.75) is 90.5 Å². The van der Waals surface area contributed by atoms with E-state index in [4.69, 9.17) is 9.16 Å². The average Bonchev–Trinajstić information content (AvgIpc) is 3.40. The van der Waals surface area contributed by atoms with E-state index in [-0.39, 0.29) is 23.8 Å². The minimum absolute atomic E-state index is 0.0261. The molecule has 45 heavy (non-hydrogen) atoms. The predicted octanol–water partition coefficient (Wildman–Crippen LogP) is 6.66. The van der Waals surface area contributed by atoms with Crippen molar-refractivity contribution in [3.63, 3.8) is 0 Å². The van der Waals surface area contributed by atoms with Crippen LogP contribution in [0.1, 0.15) is 66.4 Å². The highest BCUT2D eigenvalue weighted by molar-refractivity contribution is 6.99. The summed E-state index contributed by atoms with van der Waals surface area (Å²) in [5.41, 5.74) is 1.75. The summed E-state index contributed by atoms with van der Waals surface area (Å²) in [6.45, 7) is 12.7. The smallest absolute Gasteiger partial charge is 0.416 e. The molecule has 1 N–H and O–H groups in total. The molecule has 1 heterocycles. The van der Waals surface area contributed by atoms with Gasteiger partial charge in [0.05, 0.1) is 18.1 Å². The summed E-state index contributed by atoms with van der Waals surface area (Å²) in [7, 11) is -2.62. The third-order valence-corrected chi connectivity index (χ3v) is 14.1. The predicted molar refractivity (Wildman–Crippen MR) is 183 cm³/mol. The fourth-order valence-corrected chi connectivity index (χ4v) is 11.2. The minimum atomic E-state index is -2.62. The number of aliphatic hydroxyl groups is 1. The second-order valence-electron chi connectivity index (χ2n) is 13.3. The van der Waals surface area contributed by atoms with Crippen LogP contribution in [0.5, 0.6) is 0 Å². The molecule has 7 heteroatoms. The highest BCUT2D eigenvalue weighted by atomic mass is 28.4. The van der Waals surface area contributed by atoms with E-state index >= 15 is 0 Å². The monoisotopic (exact) mass is 627 g/mol. The van der Waals surface area contributed by atoms with Gasteiger partial charge in [0.15, 0.2) is 0 Å². The van der Waals surface area contributed by atoms with Crippen LogP contribution in [0.2, 0.25) is 5.04 Å². The first-order valence-corrected chi connectivity index (χ1v) is 18.0. The number of imide groups is 1. The van der Waals surface area contributed by atoms with Crippen molar-refractivity contribution in [3.05, 3.63) is 108 Å². The Hall–Kier alpha value is -3.52. The van der Waals surface area contributed by atoms with E-state index in [2.05, 4.69) is 88.4 Å². The molecule has 0 radical (unpaired) electrons. The van der Waals surface area contributed by atoms with Gasteiger partial charge in [-0.15, -0.1) is 0 Å². The number of carbonyl (C=O) groups excluding carboxylic acids is 2. The van der Waals surface area contributed by atoms with Crippen LogP contribution < -0.4 is 10.4 Å². The van der Waals surface area contributed by atoms with Gasteiger partial charge in [0.1, 0.15) is 6.61 Å². The molecular weight excluding hydrogens is 579 g/mol. The molecule has 0 unspecified atom stereocenters. The minimum Gasteiger partial charge on any atom is -0.447 e. The molecule has 1 aliphatic rings. The van der Waals surface area contributed by atoms with Gasteiger partial charge in [-0.3, -0.25) is 4.79 Å². The molecule has 240 valence electrons. The zero-order valence-corrected chi connectivity index (χ0v) is 28.6. The molecule has 0 bridgehead atoms. The summed E-state index contributed by atoms with van der Waals surface area (Å²) in [6.07, 6.45) is 3.41. The Morgan fingerprint density at radius 1 is 0.978 bits per heavy atom. The lowest BCUT2D eigenvalue weighted by Gasteiger charge is -2.44. The Morgan fingerprint density at radius 3 is 2.04 bits per heavy atom. The second-order valence-corrected chi connectivity index (χ2v) is 17.6. The lowest BCUT2D eigenvalue weighted by molar-refractivity contribution is -0.135. The van der Waals surface area contributed by atoms with Crippen LogP contribution in [0.25, 0.3) is 0 Å². The van der Waals surface area contributed by atoms with E-state index in [1.165, 1.54) is 15.3 Å². The number of ether oxygens (including phenoxy) is 1. The van der Waals surface area contributed by atoms with Gasteiger partial charge in [-0.2, -0.15) is 0 Å². The standard InChI is InChI=1S/C38H49NO5Si/c1-28(35(40)30(3)36(41)39-32(27-43-37(39)42)26-31-20-10-7-11-21-31)18-16-17-19-29(2)44-45(38(4,5)6,33-22-12-8-13-23-33)34-24-14-9-15-25-34/h7-15,18,20-25,29-30,32,35,40H,16-17,19,26-27H2,1-6H3/b28-18+/t29-,30-,32-,35+/m1/s1. The molecule has 6 nitrogen and oxygen atoms in total. The van der Waals surface area contributed by atoms with Gasteiger partial charge in [0.2, 0.25) is 5.91 Å². The number of hydrogen-bond donors (Lipinski definition) is 1. The van der Waals surface area contributed by atoms with Crippen LogP contribution >= 0.6 is 0 Å². The maximum Gasteiger partial charge on any atom is 0.416 e. The van der Waals surface area contributed by atoms with Crippen molar-refractivity contribution >= 4 is 30.7 Å². The normalized spacial score (nSPS) is 17.9. The summed E-state index contributed by atoms with van der Waals surface area (Å²) >= 11 is 0. The van der Waals surface area contributed by atoms with Crippen molar-refractivity contribution in [2.75, 3.05) is 6.61 Å².